The predicted molar refractivity (Wildman–Crippen MR) is 91.2 cm³/mol. The summed E-state index contributed by atoms with van der Waals surface area (Å²) in [7, 11) is 0. The van der Waals surface area contributed by atoms with E-state index >= 15 is 0 Å². The highest BCUT2D eigenvalue weighted by atomic mass is 35.5. The van der Waals surface area contributed by atoms with Gasteiger partial charge in [0, 0.05) is 16.9 Å². The lowest BCUT2D eigenvalue weighted by molar-refractivity contribution is 1.16. The molecule has 2 N–H and O–H groups in total. The van der Waals surface area contributed by atoms with E-state index < -0.39 is 0 Å². The summed E-state index contributed by atoms with van der Waals surface area (Å²) >= 11 is 5.96. The van der Waals surface area contributed by atoms with Crippen LogP contribution < -0.4 is 10.6 Å². The molecule has 0 unspecified atom stereocenters. The second-order valence-electron chi connectivity index (χ2n) is 4.68. The summed E-state index contributed by atoms with van der Waals surface area (Å²) in [5.74, 6) is 1.03. The van der Waals surface area contributed by atoms with Gasteiger partial charge in [0.1, 0.15) is 11.9 Å². The van der Waals surface area contributed by atoms with Crippen LogP contribution in [0, 0.1) is 11.3 Å². The van der Waals surface area contributed by atoms with Gasteiger partial charge in [-0.25, -0.2) is 4.98 Å². The Kier molecular flexibility index (Phi) is 4.37. The van der Waals surface area contributed by atoms with Crippen molar-refractivity contribution in [1.29, 1.82) is 5.26 Å². The summed E-state index contributed by atoms with van der Waals surface area (Å²) in [6.45, 7) is 0. The predicted octanol–water partition coefficient (Wildman–Crippen LogP) is 4.49. The van der Waals surface area contributed by atoms with Crippen molar-refractivity contribution in [2.75, 3.05) is 10.6 Å². The van der Waals surface area contributed by atoms with Gasteiger partial charge < -0.3 is 10.6 Å². The first kappa shape index (κ1) is 14.8. The average molecular weight is 322 g/mol. The Morgan fingerprint density at radius 2 is 1.87 bits per heavy atom. The second kappa shape index (κ2) is 6.77. The molecule has 0 fully saturated rings. The largest absolute Gasteiger partial charge is 0.339 e. The van der Waals surface area contributed by atoms with Crippen LogP contribution in [0.3, 0.4) is 0 Å². The fraction of sp³-hybridized carbons (Fsp3) is 0. The number of hydrogen-bond donors (Lipinski definition) is 2. The molecule has 1 aromatic heterocycles. The van der Waals surface area contributed by atoms with Crippen molar-refractivity contribution in [1.82, 2.24) is 9.97 Å². The van der Waals surface area contributed by atoms with E-state index in [1.54, 1.807) is 30.5 Å². The minimum Gasteiger partial charge on any atom is -0.339 e. The van der Waals surface area contributed by atoms with Crippen LogP contribution in [-0.2, 0) is 0 Å². The molecule has 6 heteroatoms. The minimum atomic E-state index is 0.437. The first-order chi connectivity index (χ1) is 11.2. The Labute approximate surface area is 138 Å². The number of nitrogens with one attached hydrogen (secondary N) is 2. The standard InChI is InChI=1S/C17H12ClN5/c18-13-5-3-6-14(10-13)21-17-20-9-8-16(23-17)22-15-7-2-1-4-12(15)11-19/h1-10H,(H2,20,21,22,23). The first-order valence-electron chi connectivity index (χ1n) is 6.86. The molecule has 0 saturated heterocycles. The van der Waals surface area contributed by atoms with E-state index in [-0.39, 0.29) is 0 Å². The zero-order valence-corrected chi connectivity index (χ0v) is 12.7. The van der Waals surface area contributed by atoms with E-state index in [1.165, 1.54) is 0 Å². The maximum Gasteiger partial charge on any atom is 0.229 e. The molecule has 0 radical (unpaired) electrons. The molecule has 0 bridgehead atoms. The molecule has 0 spiro atoms. The van der Waals surface area contributed by atoms with Crippen molar-refractivity contribution in [2.24, 2.45) is 0 Å². The normalized spacial score (nSPS) is 9.91. The monoisotopic (exact) mass is 321 g/mol. The summed E-state index contributed by atoms with van der Waals surface area (Å²) < 4.78 is 0. The van der Waals surface area contributed by atoms with Crippen LogP contribution in [0.4, 0.5) is 23.1 Å². The number of para-hydroxylation sites is 1. The molecule has 3 rings (SSSR count). The van der Waals surface area contributed by atoms with E-state index in [9.17, 15) is 0 Å². The topological polar surface area (TPSA) is 73.6 Å². The molecule has 1 heterocycles. The van der Waals surface area contributed by atoms with Crippen LogP contribution in [0.2, 0.25) is 5.02 Å². The lowest BCUT2D eigenvalue weighted by Gasteiger charge is -2.09. The van der Waals surface area contributed by atoms with Gasteiger partial charge in [-0.2, -0.15) is 10.2 Å². The molecule has 112 valence electrons. The maximum atomic E-state index is 9.12. The van der Waals surface area contributed by atoms with Crippen LogP contribution in [0.15, 0.2) is 60.8 Å². The first-order valence-corrected chi connectivity index (χ1v) is 7.24. The van der Waals surface area contributed by atoms with Gasteiger partial charge in [-0.1, -0.05) is 29.8 Å². The van der Waals surface area contributed by atoms with Gasteiger partial charge in [0.05, 0.1) is 11.3 Å². The second-order valence-corrected chi connectivity index (χ2v) is 5.12. The molecule has 0 amide bonds. The molecule has 5 nitrogen and oxygen atoms in total. The summed E-state index contributed by atoms with van der Waals surface area (Å²) in [5.41, 5.74) is 2.05. The number of nitriles is 1. The Bertz CT molecular complexity index is 873. The Hall–Kier alpha value is -3.10. The molecular formula is C17H12ClN5. The van der Waals surface area contributed by atoms with Gasteiger partial charge in [0.15, 0.2) is 0 Å². The van der Waals surface area contributed by atoms with Crippen molar-refractivity contribution < 1.29 is 0 Å². The average Bonchev–Trinajstić information content (AvgIpc) is 2.56. The van der Waals surface area contributed by atoms with Gasteiger partial charge in [-0.3, -0.25) is 0 Å². The Balaban J connectivity index is 1.81. The van der Waals surface area contributed by atoms with Crippen molar-refractivity contribution in [2.45, 2.75) is 0 Å². The third-order valence-corrected chi connectivity index (χ3v) is 3.28. The van der Waals surface area contributed by atoms with Crippen LogP contribution in [0.1, 0.15) is 5.56 Å². The van der Waals surface area contributed by atoms with Gasteiger partial charge in [0.25, 0.3) is 0 Å². The molecule has 0 saturated carbocycles. The smallest absolute Gasteiger partial charge is 0.229 e. The van der Waals surface area contributed by atoms with Crippen molar-refractivity contribution in [3.63, 3.8) is 0 Å². The number of hydrogen-bond acceptors (Lipinski definition) is 5. The van der Waals surface area contributed by atoms with Crippen LogP contribution in [-0.4, -0.2) is 9.97 Å². The van der Waals surface area contributed by atoms with E-state index in [1.807, 2.05) is 30.3 Å². The van der Waals surface area contributed by atoms with Crippen LogP contribution >= 0.6 is 11.6 Å². The van der Waals surface area contributed by atoms with Crippen LogP contribution in [0.25, 0.3) is 0 Å². The Morgan fingerprint density at radius 1 is 1.00 bits per heavy atom. The summed E-state index contributed by atoms with van der Waals surface area (Å²) in [5, 5.41) is 16.0. The molecule has 0 atom stereocenters. The number of aromatic nitrogens is 2. The highest BCUT2D eigenvalue weighted by Gasteiger charge is 2.04. The highest BCUT2D eigenvalue weighted by Crippen LogP contribution is 2.21. The maximum absolute atomic E-state index is 9.12. The van der Waals surface area contributed by atoms with E-state index in [0.29, 0.717) is 28.0 Å². The summed E-state index contributed by atoms with van der Waals surface area (Å²) in [4.78, 5) is 8.56. The van der Waals surface area contributed by atoms with E-state index in [0.717, 1.165) is 5.69 Å². The molecule has 2 aromatic carbocycles. The van der Waals surface area contributed by atoms with E-state index in [4.69, 9.17) is 16.9 Å². The SMILES string of the molecule is N#Cc1ccccc1Nc1ccnc(Nc2cccc(Cl)c2)n1. The fourth-order valence-electron chi connectivity index (χ4n) is 2.01. The minimum absolute atomic E-state index is 0.437. The highest BCUT2D eigenvalue weighted by molar-refractivity contribution is 6.30. The number of anilines is 4. The van der Waals surface area contributed by atoms with Crippen molar-refractivity contribution >= 4 is 34.7 Å². The zero-order chi connectivity index (χ0) is 16.1. The third-order valence-electron chi connectivity index (χ3n) is 3.05. The van der Waals surface area contributed by atoms with Gasteiger partial charge >= 0.3 is 0 Å². The zero-order valence-electron chi connectivity index (χ0n) is 12.0. The Morgan fingerprint density at radius 3 is 2.70 bits per heavy atom. The third kappa shape index (κ3) is 3.76. The van der Waals surface area contributed by atoms with E-state index in [2.05, 4.69) is 26.7 Å². The number of rotatable bonds is 4. The number of nitrogens with zero attached hydrogens (tertiary/aromatic N) is 3. The fourth-order valence-corrected chi connectivity index (χ4v) is 2.20. The van der Waals surface area contributed by atoms with Crippen molar-refractivity contribution in [3.05, 3.63) is 71.4 Å². The van der Waals surface area contributed by atoms with Crippen LogP contribution in [0.5, 0.6) is 0 Å². The van der Waals surface area contributed by atoms with Crippen molar-refractivity contribution in [3.8, 4) is 6.07 Å². The van der Waals surface area contributed by atoms with Gasteiger partial charge in [0.2, 0.25) is 5.95 Å². The summed E-state index contributed by atoms with van der Waals surface area (Å²) in [6, 6.07) is 18.4. The molecular weight excluding hydrogens is 310 g/mol. The van der Waals surface area contributed by atoms with Gasteiger partial charge in [-0.15, -0.1) is 0 Å². The van der Waals surface area contributed by atoms with Gasteiger partial charge in [-0.05, 0) is 36.4 Å². The number of halogens is 1. The summed E-state index contributed by atoms with van der Waals surface area (Å²) in [6.07, 6.45) is 1.64. The lowest BCUT2D eigenvalue weighted by Crippen LogP contribution is -2.01. The molecule has 0 aliphatic heterocycles. The molecule has 3 aromatic rings. The molecule has 0 aliphatic carbocycles. The molecule has 0 aliphatic rings. The quantitative estimate of drug-likeness (QED) is 0.740. The number of benzene rings is 2. The lowest BCUT2D eigenvalue weighted by atomic mass is 10.2. The molecule has 23 heavy (non-hydrogen) atoms.